The fraction of sp³-hybridized carbons (Fsp3) is 0.440. The minimum Gasteiger partial charge on any atom is -0.465 e. The average Bonchev–Trinajstić information content (AvgIpc) is 2.84. The van der Waals surface area contributed by atoms with Gasteiger partial charge in [0.15, 0.2) is 0 Å². The maximum atomic E-state index is 13.3. The van der Waals surface area contributed by atoms with Crippen LogP contribution in [0.2, 0.25) is 0 Å². The summed E-state index contributed by atoms with van der Waals surface area (Å²) >= 11 is 0. The Morgan fingerprint density at radius 3 is 1.74 bits per heavy atom. The van der Waals surface area contributed by atoms with E-state index in [1.807, 2.05) is 48.5 Å². The SMILES string of the molecule is O=C(CCC(=O)OC(CS(=O)(=O)O)(C(F)(F)F)C(F)(F)F)OCC1CC2c3ccccc3C1c1ccccc12. The van der Waals surface area contributed by atoms with Crippen LogP contribution in [0.1, 0.15) is 53.4 Å². The van der Waals surface area contributed by atoms with Gasteiger partial charge in [0, 0.05) is 17.8 Å². The van der Waals surface area contributed by atoms with Crippen molar-refractivity contribution in [1.82, 2.24) is 0 Å². The summed E-state index contributed by atoms with van der Waals surface area (Å²) in [7, 11) is -5.90. The van der Waals surface area contributed by atoms with Gasteiger partial charge in [0.2, 0.25) is 0 Å². The summed E-state index contributed by atoms with van der Waals surface area (Å²) in [6.45, 7) is -0.102. The zero-order chi connectivity index (χ0) is 28.8. The highest BCUT2D eigenvalue weighted by atomic mass is 32.2. The van der Waals surface area contributed by atoms with Crippen molar-refractivity contribution in [3.8, 4) is 0 Å². The predicted octanol–water partition coefficient (Wildman–Crippen LogP) is 4.90. The van der Waals surface area contributed by atoms with Crippen LogP contribution in [0.4, 0.5) is 26.3 Å². The number of hydrogen-bond donors (Lipinski definition) is 1. The van der Waals surface area contributed by atoms with E-state index in [0.717, 1.165) is 22.3 Å². The van der Waals surface area contributed by atoms with Crippen LogP contribution in [-0.4, -0.2) is 55.2 Å². The Bertz CT molecular complexity index is 1310. The second-order valence-corrected chi connectivity index (χ2v) is 10.9. The molecule has 1 atom stereocenters. The highest BCUT2D eigenvalue weighted by Crippen LogP contribution is 2.55. The molecular weight excluding hydrogens is 558 g/mol. The normalized spacial score (nSPS) is 20.6. The van der Waals surface area contributed by atoms with E-state index in [2.05, 4.69) is 4.74 Å². The largest absolute Gasteiger partial charge is 0.465 e. The number of halogens is 6. The van der Waals surface area contributed by atoms with E-state index in [0.29, 0.717) is 6.42 Å². The Hall–Kier alpha value is -3.13. The van der Waals surface area contributed by atoms with Crippen molar-refractivity contribution in [1.29, 1.82) is 0 Å². The maximum absolute atomic E-state index is 13.3. The number of alkyl halides is 6. The minimum absolute atomic E-state index is 0.0572. The molecule has 2 aromatic rings. The molecule has 0 radical (unpaired) electrons. The van der Waals surface area contributed by atoms with Crippen molar-refractivity contribution < 1.29 is 58.4 Å². The zero-order valence-electron chi connectivity index (χ0n) is 20.0. The summed E-state index contributed by atoms with van der Waals surface area (Å²) < 4.78 is 119. The van der Waals surface area contributed by atoms with Gasteiger partial charge in [-0.15, -0.1) is 0 Å². The van der Waals surface area contributed by atoms with E-state index >= 15 is 0 Å². The first-order chi connectivity index (χ1) is 18.0. The van der Waals surface area contributed by atoms with E-state index in [9.17, 15) is 44.3 Å². The third kappa shape index (κ3) is 5.62. The molecule has 5 rings (SSSR count). The van der Waals surface area contributed by atoms with Gasteiger partial charge in [-0.2, -0.15) is 34.8 Å². The summed E-state index contributed by atoms with van der Waals surface area (Å²) in [5.41, 5.74) is -1.04. The van der Waals surface area contributed by atoms with E-state index in [-0.39, 0.29) is 24.4 Å². The molecule has 0 saturated carbocycles. The van der Waals surface area contributed by atoms with Crippen LogP contribution in [0.15, 0.2) is 48.5 Å². The molecule has 0 heterocycles. The van der Waals surface area contributed by atoms with E-state index in [1.165, 1.54) is 0 Å². The van der Waals surface area contributed by atoms with Crippen molar-refractivity contribution in [3.05, 3.63) is 70.8 Å². The first kappa shape index (κ1) is 28.9. The van der Waals surface area contributed by atoms with Gasteiger partial charge in [-0.3, -0.25) is 14.1 Å². The van der Waals surface area contributed by atoms with E-state index in [4.69, 9.17) is 9.29 Å². The summed E-state index contributed by atoms with van der Waals surface area (Å²) in [5.74, 6) is -6.40. The zero-order valence-corrected chi connectivity index (χ0v) is 20.8. The predicted molar refractivity (Wildman–Crippen MR) is 122 cm³/mol. The number of carbonyl (C=O) groups excluding carboxylic acids is 2. The Morgan fingerprint density at radius 1 is 0.821 bits per heavy atom. The molecule has 0 fully saturated rings. The first-order valence-corrected chi connectivity index (χ1v) is 13.3. The van der Waals surface area contributed by atoms with Gasteiger partial charge in [-0.1, -0.05) is 48.5 Å². The number of hydrogen-bond acceptors (Lipinski definition) is 6. The van der Waals surface area contributed by atoms with Crippen LogP contribution in [0.3, 0.4) is 0 Å². The first-order valence-electron chi connectivity index (χ1n) is 11.7. The molecule has 3 aliphatic rings. The molecule has 0 spiro atoms. The summed E-state index contributed by atoms with van der Waals surface area (Å²) in [4.78, 5) is 24.2. The van der Waals surface area contributed by atoms with Gasteiger partial charge >= 0.3 is 29.9 Å². The molecule has 0 aromatic heterocycles. The van der Waals surface area contributed by atoms with Gasteiger partial charge in [0.25, 0.3) is 10.1 Å². The van der Waals surface area contributed by atoms with Crippen LogP contribution in [0.25, 0.3) is 0 Å². The lowest BCUT2D eigenvalue weighted by molar-refractivity contribution is -0.361. The third-order valence-corrected chi connectivity index (χ3v) is 7.78. The van der Waals surface area contributed by atoms with Gasteiger partial charge in [0.05, 0.1) is 19.4 Å². The molecule has 0 amide bonds. The molecule has 2 aromatic carbocycles. The molecule has 0 saturated heterocycles. The van der Waals surface area contributed by atoms with Crippen LogP contribution >= 0.6 is 0 Å². The van der Waals surface area contributed by atoms with Crippen molar-refractivity contribution in [2.24, 2.45) is 5.92 Å². The summed E-state index contributed by atoms with van der Waals surface area (Å²) in [6.07, 6.45) is -14.4. The van der Waals surface area contributed by atoms with Crippen LogP contribution in [0, 0.1) is 5.92 Å². The van der Waals surface area contributed by atoms with Gasteiger partial charge in [-0.25, -0.2) is 0 Å². The van der Waals surface area contributed by atoms with Gasteiger partial charge < -0.3 is 9.47 Å². The second kappa shape index (κ2) is 10.1. The lowest BCUT2D eigenvalue weighted by atomic mass is 9.59. The van der Waals surface area contributed by atoms with Crippen LogP contribution in [0.5, 0.6) is 0 Å². The van der Waals surface area contributed by atoms with E-state index < -0.39 is 58.6 Å². The van der Waals surface area contributed by atoms with E-state index in [1.54, 1.807) is 0 Å². The summed E-state index contributed by atoms with van der Waals surface area (Å²) in [5, 5.41) is 0. The number of ether oxygens (including phenoxy) is 2. The molecule has 0 aliphatic heterocycles. The fourth-order valence-electron chi connectivity index (χ4n) is 5.37. The Balaban J connectivity index is 1.40. The standard InChI is InChI=1S/C25H22F6O7S/c26-24(27,28)23(25(29,30)31,13-39(34,35)36)38-21(33)10-9-20(32)37-12-14-11-19-15-5-1-3-7-17(15)22(14)18-8-4-2-6-16(18)19/h1-8,14,19,22H,9-13H2,(H,34,35,36). The smallest absolute Gasteiger partial charge is 0.438 e. The average molecular weight is 580 g/mol. The highest BCUT2D eigenvalue weighted by molar-refractivity contribution is 7.85. The molecule has 1 unspecified atom stereocenters. The molecule has 14 heteroatoms. The lowest BCUT2D eigenvalue weighted by Gasteiger charge is -2.45. The summed E-state index contributed by atoms with van der Waals surface area (Å²) in [6, 6.07) is 15.7. The number of benzene rings is 2. The lowest BCUT2D eigenvalue weighted by Crippen LogP contribution is -2.63. The molecule has 212 valence electrons. The monoisotopic (exact) mass is 580 g/mol. The number of carbonyl (C=O) groups is 2. The van der Waals surface area contributed by atoms with Crippen molar-refractivity contribution in [2.45, 2.75) is 49.1 Å². The van der Waals surface area contributed by atoms with Crippen molar-refractivity contribution in [2.75, 3.05) is 12.4 Å². The quantitative estimate of drug-likeness (QED) is 0.269. The van der Waals surface area contributed by atoms with Crippen LogP contribution in [-0.2, 0) is 29.2 Å². The number of fused-ring (bicyclic) bond motifs is 1. The maximum Gasteiger partial charge on any atom is 0.438 e. The molecular formula is C25H22F6O7S. The highest BCUT2D eigenvalue weighted by Gasteiger charge is 2.75. The topological polar surface area (TPSA) is 107 Å². The Morgan fingerprint density at radius 2 is 1.28 bits per heavy atom. The number of esters is 2. The van der Waals surface area contributed by atoms with Gasteiger partial charge in [-0.05, 0) is 28.7 Å². The molecule has 3 aliphatic carbocycles. The Labute approximate surface area is 218 Å². The molecule has 2 bridgehead atoms. The van der Waals surface area contributed by atoms with Gasteiger partial charge in [0.1, 0.15) is 5.75 Å². The second-order valence-electron chi connectivity index (χ2n) is 9.49. The van der Waals surface area contributed by atoms with Crippen molar-refractivity contribution >= 4 is 22.1 Å². The molecule has 39 heavy (non-hydrogen) atoms. The number of rotatable bonds is 8. The minimum atomic E-state index is -6.44. The van der Waals surface area contributed by atoms with Crippen molar-refractivity contribution in [3.63, 3.8) is 0 Å². The Kier molecular flexibility index (Phi) is 7.49. The molecule has 1 N–H and O–H groups in total. The molecule has 7 nitrogen and oxygen atoms in total. The third-order valence-electron chi connectivity index (χ3n) is 7.00. The fourth-order valence-corrected chi connectivity index (χ4v) is 6.27. The van der Waals surface area contributed by atoms with Crippen LogP contribution < -0.4 is 0 Å².